The van der Waals surface area contributed by atoms with Crippen LogP contribution in [0.5, 0.6) is 5.75 Å². The van der Waals surface area contributed by atoms with Crippen LogP contribution in [0, 0.1) is 5.92 Å². The van der Waals surface area contributed by atoms with Crippen LogP contribution in [0.3, 0.4) is 0 Å². The zero-order valence-electron chi connectivity index (χ0n) is 9.77. The summed E-state index contributed by atoms with van der Waals surface area (Å²) in [5.74, 6) is 0.517. The van der Waals surface area contributed by atoms with Gasteiger partial charge in [-0.1, -0.05) is 19.9 Å². The number of nitrogens with one attached hydrogen (secondary N) is 1. The fourth-order valence-corrected chi connectivity index (χ4v) is 1.28. The first kappa shape index (κ1) is 12.8. The van der Waals surface area contributed by atoms with Crippen LogP contribution >= 0.6 is 0 Å². The molecule has 1 unspecified atom stereocenters. The van der Waals surface area contributed by atoms with Crippen LogP contribution in [-0.2, 0) is 6.61 Å². The molecular formula is C12H20N2O2. The summed E-state index contributed by atoms with van der Waals surface area (Å²) >= 11 is 0. The molecule has 1 aromatic rings. The van der Waals surface area contributed by atoms with E-state index in [0.717, 1.165) is 5.69 Å². The predicted octanol–water partition coefficient (Wildman–Crippen LogP) is 1.28. The third-order valence-electron chi connectivity index (χ3n) is 2.65. The maximum absolute atomic E-state index is 9.53. The van der Waals surface area contributed by atoms with Gasteiger partial charge in [-0.25, -0.2) is 0 Å². The molecule has 4 heteroatoms. The lowest BCUT2D eigenvalue weighted by atomic mass is 10.1. The van der Waals surface area contributed by atoms with E-state index in [2.05, 4.69) is 19.2 Å². The summed E-state index contributed by atoms with van der Waals surface area (Å²) in [6.07, 6.45) is 0. The molecule has 0 saturated heterocycles. The number of benzene rings is 1. The maximum Gasteiger partial charge on any atom is 0.123 e. The second-order valence-corrected chi connectivity index (χ2v) is 4.29. The molecule has 0 aliphatic rings. The molecule has 4 nitrogen and oxygen atoms in total. The summed E-state index contributed by atoms with van der Waals surface area (Å²) in [4.78, 5) is 0. The van der Waals surface area contributed by atoms with Gasteiger partial charge in [0.05, 0.1) is 6.61 Å². The first-order valence-corrected chi connectivity index (χ1v) is 5.46. The van der Waals surface area contributed by atoms with Crippen LogP contribution < -0.4 is 11.1 Å². The highest BCUT2D eigenvalue weighted by atomic mass is 16.3. The average molecular weight is 224 g/mol. The Morgan fingerprint density at radius 2 is 2.06 bits per heavy atom. The normalized spacial score (nSPS) is 12.8. The highest BCUT2D eigenvalue weighted by Crippen LogP contribution is 2.21. The number of phenols is 1. The highest BCUT2D eigenvalue weighted by molar-refractivity contribution is 5.51. The maximum atomic E-state index is 9.53. The number of aromatic hydroxyl groups is 1. The summed E-state index contributed by atoms with van der Waals surface area (Å²) in [6.45, 7) is 4.64. The van der Waals surface area contributed by atoms with Gasteiger partial charge in [0.2, 0.25) is 0 Å². The summed E-state index contributed by atoms with van der Waals surface area (Å²) in [6, 6.07) is 5.19. The minimum atomic E-state index is -0.155. The van der Waals surface area contributed by atoms with E-state index in [0.29, 0.717) is 18.0 Å². The molecule has 1 rings (SSSR count). The van der Waals surface area contributed by atoms with Gasteiger partial charge in [-0.05, 0) is 12.0 Å². The Labute approximate surface area is 96.1 Å². The lowest BCUT2D eigenvalue weighted by molar-refractivity contribution is 0.275. The van der Waals surface area contributed by atoms with Crippen LogP contribution in [-0.4, -0.2) is 22.8 Å². The lowest BCUT2D eigenvalue weighted by Gasteiger charge is -2.17. The monoisotopic (exact) mass is 224 g/mol. The molecule has 1 atom stereocenters. The number of rotatable bonds is 5. The lowest BCUT2D eigenvalue weighted by Crippen LogP contribution is -2.33. The minimum absolute atomic E-state index is 0.0830. The first-order chi connectivity index (χ1) is 7.54. The summed E-state index contributed by atoms with van der Waals surface area (Å²) in [7, 11) is 0. The van der Waals surface area contributed by atoms with Crippen LogP contribution in [0.4, 0.5) is 5.69 Å². The molecule has 0 fully saturated rings. The number of aliphatic hydroxyl groups excluding tert-OH is 1. The Morgan fingerprint density at radius 1 is 1.38 bits per heavy atom. The van der Waals surface area contributed by atoms with Crippen molar-refractivity contribution in [3.05, 3.63) is 23.8 Å². The van der Waals surface area contributed by atoms with Crippen molar-refractivity contribution in [1.29, 1.82) is 0 Å². The molecule has 5 N–H and O–H groups in total. The molecule has 0 radical (unpaired) electrons. The van der Waals surface area contributed by atoms with Gasteiger partial charge in [0.25, 0.3) is 0 Å². The molecule has 0 spiro atoms. The molecule has 0 amide bonds. The van der Waals surface area contributed by atoms with Gasteiger partial charge < -0.3 is 21.3 Å². The second kappa shape index (κ2) is 5.72. The Hall–Kier alpha value is -1.26. The smallest absolute Gasteiger partial charge is 0.123 e. The SMILES string of the molecule is CC(C)C(N)CNc1ccc(CO)c(O)c1. The Morgan fingerprint density at radius 3 is 2.56 bits per heavy atom. The highest BCUT2D eigenvalue weighted by Gasteiger charge is 2.07. The van der Waals surface area contributed by atoms with Crippen molar-refractivity contribution in [3.8, 4) is 5.75 Å². The molecule has 0 aliphatic carbocycles. The second-order valence-electron chi connectivity index (χ2n) is 4.29. The minimum Gasteiger partial charge on any atom is -0.508 e. The van der Waals surface area contributed by atoms with E-state index in [-0.39, 0.29) is 18.4 Å². The van der Waals surface area contributed by atoms with Crippen molar-refractivity contribution in [2.75, 3.05) is 11.9 Å². The number of anilines is 1. The quantitative estimate of drug-likeness (QED) is 0.607. The predicted molar refractivity (Wildman–Crippen MR) is 65.3 cm³/mol. The van der Waals surface area contributed by atoms with Crippen LogP contribution in [0.2, 0.25) is 0 Å². The van der Waals surface area contributed by atoms with Gasteiger partial charge in [0, 0.05) is 29.9 Å². The fraction of sp³-hybridized carbons (Fsp3) is 0.500. The zero-order chi connectivity index (χ0) is 12.1. The van der Waals surface area contributed by atoms with E-state index >= 15 is 0 Å². The fourth-order valence-electron chi connectivity index (χ4n) is 1.28. The van der Waals surface area contributed by atoms with Gasteiger partial charge in [0.15, 0.2) is 0 Å². The summed E-state index contributed by atoms with van der Waals surface area (Å²) in [5.41, 5.74) is 7.23. The molecule has 0 saturated carbocycles. The Kier molecular flexibility index (Phi) is 4.58. The molecule has 1 aromatic carbocycles. The Balaban J connectivity index is 2.58. The van der Waals surface area contributed by atoms with Crippen molar-refractivity contribution in [2.24, 2.45) is 11.7 Å². The molecule has 0 heterocycles. The zero-order valence-corrected chi connectivity index (χ0v) is 9.77. The summed E-state index contributed by atoms with van der Waals surface area (Å²) in [5, 5.41) is 21.6. The van der Waals surface area contributed by atoms with Gasteiger partial charge in [-0.15, -0.1) is 0 Å². The number of aliphatic hydroxyl groups is 1. The average Bonchev–Trinajstić information content (AvgIpc) is 2.25. The topological polar surface area (TPSA) is 78.5 Å². The molecular weight excluding hydrogens is 204 g/mol. The van der Waals surface area contributed by atoms with E-state index in [1.54, 1.807) is 12.1 Å². The van der Waals surface area contributed by atoms with Crippen LogP contribution in [0.15, 0.2) is 18.2 Å². The van der Waals surface area contributed by atoms with Crippen molar-refractivity contribution in [2.45, 2.75) is 26.5 Å². The van der Waals surface area contributed by atoms with Crippen LogP contribution in [0.25, 0.3) is 0 Å². The van der Waals surface area contributed by atoms with Crippen molar-refractivity contribution < 1.29 is 10.2 Å². The third kappa shape index (κ3) is 3.40. The van der Waals surface area contributed by atoms with Crippen molar-refractivity contribution >= 4 is 5.69 Å². The van der Waals surface area contributed by atoms with E-state index in [4.69, 9.17) is 10.8 Å². The molecule has 0 aliphatic heterocycles. The summed E-state index contributed by atoms with van der Waals surface area (Å²) < 4.78 is 0. The number of nitrogens with two attached hydrogens (primary N) is 1. The molecule has 90 valence electrons. The van der Waals surface area contributed by atoms with E-state index in [9.17, 15) is 5.11 Å². The van der Waals surface area contributed by atoms with E-state index in [1.807, 2.05) is 6.07 Å². The van der Waals surface area contributed by atoms with Gasteiger partial charge in [0.1, 0.15) is 5.75 Å². The standard InChI is InChI=1S/C12H20N2O2/c1-8(2)11(13)6-14-10-4-3-9(7-15)12(16)5-10/h3-5,8,11,14-16H,6-7,13H2,1-2H3. The van der Waals surface area contributed by atoms with Gasteiger partial charge in [-0.3, -0.25) is 0 Å². The largest absolute Gasteiger partial charge is 0.508 e. The number of hydrogen-bond acceptors (Lipinski definition) is 4. The van der Waals surface area contributed by atoms with Crippen molar-refractivity contribution in [1.82, 2.24) is 0 Å². The first-order valence-electron chi connectivity index (χ1n) is 5.46. The molecule has 0 bridgehead atoms. The van der Waals surface area contributed by atoms with E-state index < -0.39 is 0 Å². The molecule has 0 aromatic heterocycles. The van der Waals surface area contributed by atoms with Crippen molar-refractivity contribution in [3.63, 3.8) is 0 Å². The number of hydrogen-bond donors (Lipinski definition) is 4. The van der Waals surface area contributed by atoms with Gasteiger partial charge in [-0.2, -0.15) is 0 Å². The third-order valence-corrected chi connectivity index (χ3v) is 2.65. The Bertz CT molecular complexity index is 340. The van der Waals surface area contributed by atoms with E-state index in [1.165, 1.54) is 0 Å². The van der Waals surface area contributed by atoms with Crippen LogP contribution in [0.1, 0.15) is 19.4 Å². The molecule has 16 heavy (non-hydrogen) atoms. The van der Waals surface area contributed by atoms with Gasteiger partial charge >= 0.3 is 0 Å².